The molecule has 1 unspecified atom stereocenters. The van der Waals surface area contributed by atoms with E-state index in [1.165, 1.54) is 25.1 Å². The molecule has 0 spiro atoms. The Hall–Kier alpha value is -2.74. The molecule has 3 aromatic rings. The first kappa shape index (κ1) is 26.9. The van der Waals surface area contributed by atoms with Crippen LogP contribution in [0.15, 0.2) is 54.6 Å². The summed E-state index contributed by atoms with van der Waals surface area (Å²) in [5.74, 6) is -3.48. The maximum absolute atomic E-state index is 15.9. The summed E-state index contributed by atoms with van der Waals surface area (Å²) in [5, 5.41) is 12.3. The number of halogens is 1. The molecule has 0 aliphatic rings. The van der Waals surface area contributed by atoms with Gasteiger partial charge in [0.05, 0.1) is 6.61 Å². The van der Waals surface area contributed by atoms with E-state index in [2.05, 4.69) is 5.09 Å². The summed E-state index contributed by atoms with van der Waals surface area (Å²) in [7, 11) is -4.35. The molecule has 1 heterocycles. The highest BCUT2D eigenvalue weighted by Crippen LogP contribution is 2.58. The maximum Gasteiger partial charge on any atom is 0.355 e. The van der Waals surface area contributed by atoms with E-state index in [1.807, 2.05) is 13.8 Å². The van der Waals surface area contributed by atoms with Crippen molar-refractivity contribution in [2.75, 3.05) is 6.61 Å². The average Bonchev–Trinajstić information content (AvgIpc) is 3.28. The van der Waals surface area contributed by atoms with Gasteiger partial charge in [-0.15, -0.1) is 11.3 Å². The number of hydrogen-bond acceptors (Lipinski definition) is 6. The predicted octanol–water partition coefficient (Wildman–Crippen LogP) is 6.80. The molecule has 35 heavy (non-hydrogen) atoms. The highest BCUT2D eigenvalue weighted by molar-refractivity contribution is 7.57. The number of alkyl halides is 1. The molecule has 0 radical (unpaired) electrons. The van der Waals surface area contributed by atoms with Crippen LogP contribution in [0.2, 0.25) is 0 Å². The smallest absolute Gasteiger partial charge is 0.355 e. The lowest BCUT2D eigenvalue weighted by Crippen LogP contribution is -2.36. The van der Waals surface area contributed by atoms with Crippen LogP contribution in [0.25, 0.3) is 10.1 Å². The Morgan fingerprint density at radius 2 is 1.80 bits per heavy atom. The molecule has 0 saturated heterocycles. The molecule has 7 nitrogen and oxygen atoms in total. The molecule has 10 heteroatoms. The number of nitrogens with one attached hydrogen (secondary N) is 1. The van der Waals surface area contributed by atoms with Crippen molar-refractivity contribution < 1.29 is 32.9 Å². The van der Waals surface area contributed by atoms with Gasteiger partial charge in [0.2, 0.25) is 5.91 Å². The first-order valence-corrected chi connectivity index (χ1v) is 13.9. The molecule has 2 N–H and O–H groups in total. The minimum atomic E-state index is -4.35. The normalized spacial score (nSPS) is 14.9. The Kier molecular flexibility index (Phi) is 9.05. The molecule has 0 saturated carbocycles. The topological polar surface area (TPSA) is 102 Å². The monoisotopic (exact) mass is 521 g/mol. The number of para-hydroxylation sites is 1. The molecular formula is C25H29FNO6PS. The summed E-state index contributed by atoms with van der Waals surface area (Å²) >= 11 is 1.06. The van der Waals surface area contributed by atoms with Crippen molar-refractivity contribution in [2.24, 2.45) is 5.92 Å². The van der Waals surface area contributed by atoms with Crippen molar-refractivity contribution in [3.63, 3.8) is 0 Å². The highest BCUT2D eigenvalue weighted by atomic mass is 32.1. The lowest BCUT2D eigenvalue weighted by atomic mass is 10.1. The molecule has 2 aromatic carbocycles. The van der Waals surface area contributed by atoms with Crippen LogP contribution in [0.4, 0.5) is 4.39 Å². The second-order valence-electron chi connectivity index (χ2n) is 8.21. The third kappa shape index (κ3) is 6.69. The summed E-state index contributed by atoms with van der Waals surface area (Å²) in [6.07, 6.45) is 1.70. The average molecular weight is 522 g/mol. The second kappa shape index (κ2) is 11.8. The van der Waals surface area contributed by atoms with Crippen LogP contribution >= 0.6 is 18.9 Å². The molecule has 0 aliphatic heterocycles. The third-order valence-corrected chi connectivity index (χ3v) is 8.88. The minimum absolute atomic E-state index is 0.0385. The van der Waals surface area contributed by atoms with Crippen molar-refractivity contribution in [3.05, 3.63) is 65.0 Å². The number of thiophene rings is 1. The minimum Gasteiger partial charge on any atom is -0.477 e. The van der Waals surface area contributed by atoms with E-state index in [4.69, 9.17) is 9.26 Å². The Labute approximate surface area is 207 Å². The fraction of sp³-hybridized carbons (Fsp3) is 0.360. The van der Waals surface area contributed by atoms with Crippen LogP contribution in [0, 0.1) is 5.92 Å². The Morgan fingerprint density at radius 1 is 1.11 bits per heavy atom. The number of aromatic carboxylic acids is 1. The number of rotatable bonds is 12. The van der Waals surface area contributed by atoms with Gasteiger partial charge >= 0.3 is 19.5 Å². The highest BCUT2D eigenvalue weighted by Gasteiger charge is 2.41. The van der Waals surface area contributed by atoms with E-state index in [1.54, 1.807) is 36.4 Å². The van der Waals surface area contributed by atoms with E-state index in [-0.39, 0.29) is 28.7 Å². The van der Waals surface area contributed by atoms with E-state index in [9.17, 15) is 19.3 Å². The van der Waals surface area contributed by atoms with Crippen LogP contribution in [0.1, 0.15) is 54.8 Å². The molecule has 0 amide bonds. The molecule has 0 bridgehead atoms. The van der Waals surface area contributed by atoms with Gasteiger partial charge in [0.25, 0.3) is 0 Å². The van der Waals surface area contributed by atoms with Gasteiger partial charge in [-0.05, 0) is 54.1 Å². The van der Waals surface area contributed by atoms with Gasteiger partial charge in [0.1, 0.15) is 16.7 Å². The van der Waals surface area contributed by atoms with Gasteiger partial charge in [0.15, 0.2) is 0 Å². The van der Waals surface area contributed by atoms with Crippen molar-refractivity contribution in [2.45, 2.75) is 45.6 Å². The molecule has 3 atom stereocenters. The van der Waals surface area contributed by atoms with E-state index in [0.717, 1.165) is 24.2 Å². The Balaban J connectivity index is 1.88. The number of carbonyl (C=O) groups is 2. The zero-order chi connectivity index (χ0) is 25.6. The van der Waals surface area contributed by atoms with Gasteiger partial charge in [0, 0.05) is 4.70 Å². The number of ether oxygens (including phenoxy) is 1. The number of carboxylic acid groups (broad SMARTS) is 1. The number of hydrogen-bond donors (Lipinski definition) is 2. The summed E-state index contributed by atoms with van der Waals surface area (Å²) in [6.45, 7) is 5.68. The van der Waals surface area contributed by atoms with E-state index in [0.29, 0.717) is 10.1 Å². The van der Waals surface area contributed by atoms with Crippen molar-refractivity contribution >= 4 is 40.9 Å². The zero-order valence-electron chi connectivity index (χ0n) is 19.8. The van der Waals surface area contributed by atoms with Gasteiger partial charge in [-0.1, -0.05) is 51.0 Å². The fourth-order valence-corrected chi connectivity index (χ4v) is 6.25. The quantitative estimate of drug-likeness (QED) is 0.200. The lowest BCUT2D eigenvalue weighted by molar-refractivity contribution is -0.146. The lowest BCUT2D eigenvalue weighted by Gasteiger charge is -2.26. The van der Waals surface area contributed by atoms with Crippen molar-refractivity contribution in [1.29, 1.82) is 0 Å². The number of benzene rings is 2. The summed E-state index contributed by atoms with van der Waals surface area (Å²) in [5.41, 5.74) is 0.0385. The summed E-state index contributed by atoms with van der Waals surface area (Å²) in [6, 6.07) is 12.9. The number of carboxylic acids is 1. The first-order chi connectivity index (χ1) is 16.7. The van der Waals surface area contributed by atoms with E-state index < -0.39 is 31.4 Å². The second-order valence-corrected chi connectivity index (χ2v) is 11.4. The van der Waals surface area contributed by atoms with E-state index >= 15 is 4.39 Å². The van der Waals surface area contributed by atoms with Crippen LogP contribution in [0.3, 0.4) is 0 Å². The third-order valence-electron chi connectivity index (χ3n) is 5.65. The Morgan fingerprint density at radius 3 is 2.43 bits per heavy atom. The van der Waals surface area contributed by atoms with Gasteiger partial charge in [-0.25, -0.2) is 14.3 Å². The van der Waals surface area contributed by atoms with Crippen molar-refractivity contribution in [3.8, 4) is 5.75 Å². The number of carbonyl (C=O) groups excluding carboxylic acids is 1. The molecule has 3 rings (SSSR count). The standard InChI is InChI=1S/C25H29FNO6PS/c1-4-17(5-2)15-32-25(30)16(3)27-34(31,33-20-9-7-6-8-10-20)23(26)18-11-12-21-19(13-18)14-22(35-21)24(28)29/h6-14,16-17,23H,4-5,15H2,1-3H3,(H,27,31)(H,28,29)/t16-,23+,34?/m0/s1. The summed E-state index contributed by atoms with van der Waals surface area (Å²) < 4.78 is 41.4. The molecule has 1 aromatic heterocycles. The van der Waals surface area contributed by atoms with Crippen LogP contribution in [-0.4, -0.2) is 29.7 Å². The van der Waals surface area contributed by atoms with Crippen LogP contribution in [-0.2, 0) is 14.1 Å². The van der Waals surface area contributed by atoms with Gasteiger partial charge in [-0.3, -0.25) is 9.36 Å². The molecular weight excluding hydrogens is 492 g/mol. The van der Waals surface area contributed by atoms with Crippen LogP contribution in [0.5, 0.6) is 5.75 Å². The van der Waals surface area contributed by atoms with Gasteiger partial charge in [-0.2, -0.15) is 0 Å². The zero-order valence-corrected chi connectivity index (χ0v) is 21.5. The van der Waals surface area contributed by atoms with Gasteiger partial charge < -0.3 is 14.4 Å². The summed E-state index contributed by atoms with van der Waals surface area (Å²) in [4.78, 5) is 24.0. The number of esters is 1. The number of fused-ring (bicyclic) bond motifs is 1. The molecule has 0 aliphatic carbocycles. The van der Waals surface area contributed by atoms with Crippen LogP contribution < -0.4 is 9.61 Å². The SMILES string of the molecule is CCC(CC)COC(=O)[C@H](C)NP(=O)(Oc1ccccc1)[C@@H](F)c1ccc2sc(C(=O)O)cc2c1. The predicted molar refractivity (Wildman–Crippen MR) is 135 cm³/mol. The van der Waals surface area contributed by atoms with Crippen molar-refractivity contribution in [1.82, 2.24) is 5.09 Å². The Bertz CT molecular complexity index is 1210. The first-order valence-electron chi connectivity index (χ1n) is 11.4. The maximum atomic E-state index is 15.9. The molecule has 188 valence electrons. The molecule has 0 fully saturated rings. The largest absolute Gasteiger partial charge is 0.477 e. The fourth-order valence-electron chi connectivity index (χ4n) is 3.46.